The normalized spacial score (nSPS) is 12.8. The average Bonchev–Trinajstić information content (AvgIpc) is 2.10. The molecule has 0 heterocycles. The maximum absolute atomic E-state index is 8.83. The molecule has 1 atom stereocenters. The molecule has 1 N–H and O–H groups in total. The maximum atomic E-state index is 8.83. The van der Waals surface area contributed by atoms with Crippen molar-refractivity contribution < 1.29 is 0 Å². The fourth-order valence-corrected chi connectivity index (χ4v) is 1.19. The number of nitriles is 1. The molecule has 76 valence electrons. The van der Waals surface area contributed by atoms with Gasteiger partial charge in [0.15, 0.2) is 0 Å². The minimum atomic E-state index is 0.0638. The van der Waals surface area contributed by atoms with E-state index in [1.165, 1.54) is 19.3 Å². The van der Waals surface area contributed by atoms with E-state index < -0.39 is 0 Å². The van der Waals surface area contributed by atoms with Gasteiger partial charge in [0.05, 0.1) is 12.1 Å². The second-order valence-corrected chi connectivity index (χ2v) is 3.98. The minimum Gasteiger partial charge on any atom is -0.302 e. The molecule has 0 aliphatic heterocycles. The van der Waals surface area contributed by atoms with Gasteiger partial charge in [-0.25, -0.2) is 0 Å². The molecule has 0 bridgehead atoms. The largest absolute Gasteiger partial charge is 0.302 e. The van der Waals surface area contributed by atoms with Crippen LogP contribution in [0.15, 0.2) is 0 Å². The van der Waals surface area contributed by atoms with E-state index in [9.17, 15) is 0 Å². The zero-order valence-corrected chi connectivity index (χ0v) is 9.14. The molecule has 2 nitrogen and oxygen atoms in total. The first-order valence-corrected chi connectivity index (χ1v) is 5.33. The third-order valence-electron chi connectivity index (χ3n) is 2.02. The van der Waals surface area contributed by atoms with Gasteiger partial charge in [-0.05, 0) is 18.9 Å². The Hall–Kier alpha value is -0.550. The van der Waals surface area contributed by atoms with E-state index in [0.29, 0.717) is 5.92 Å². The molecule has 0 saturated carbocycles. The molecule has 2 heteroatoms. The number of hydrogen-bond acceptors (Lipinski definition) is 2. The molecular weight excluding hydrogens is 160 g/mol. The lowest BCUT2D eigenvalue weighted by Crippen LogP contribution is -2.30. The Morgan fingerprint density at radius 1 is 1.31 bits per heavy atom. The highest BCUT2D eigenvalue weighted by molar-refractivity contribution is 4.89. The van der Waals surface area contributed by atoms with E-state index in [-0.39, 0.29) is 6.04 Å². The van der Waals surface area contributed by atoms with Crippen LogP contribution in [0.2, 0.25) is 0 Å². The van der Waals surface area contributed by atoms with Crippen LogP contribution < -0.4 is 5.32 Å². The maximum Gasteiger partial charge on any atom is 0.0953 e. The lowest BCUT2D eigenvalue weighted by atomic mass is 10.1. The van der Waals surface area contributed by atoms with E-state index in [4.69, 9.17) is 5.26 Å². The zero-order valence-electron chi connectivity index (χ0n) is 9.14. The predicted octanol–water partition coefficient (Wildman–Crippen LogP) is 2.70. The first-order valence-electron chi connectivity index (χ1n) is 5.33. The van der Waals surface area contributed by atoms with Crippen molar-refractivity contribution in [2.75, 3.05) is 6.54 Å². The van der Waals surface area contributed by atoms with Gasteiger partial charge in [-0.2, -0.15) is 5.26 Å². The van der Waals surface area contributed by atoms with Gasteiger partial charge < -0.3 is 5.32 Å². The minimum absolute atomic E-state index is 0.0638. The van der Waals surface area contributed by atoms with E-state index in [0.717, 1.165) is 13.0 Å². The molecule has 0 amide bonds. The highest BCUT2D eigenvalue weighted by Crippen LogP contribution is 2.03. The monoisotopic (exact) mass is 182 g/mol. The Kier molecular flexibility index (Phi) is 7.73. The standard InChI is InChI=1S/C11H22N2/c1-4-5-6-7-11(8-12)13-9-10(2)3/h10-11,13H,4-7,9H2,1-3H3. The summed E-state index contributed by atoms with van der Waals surface area (Å²) >= 11 is 0. The molecule has 0 aromatic carbocycles. The lowest BCUT2D eigenvalue weighted by molar-refractivity contribution is 0.481. The fourth-order valence-electron chi connectivity index (χ4n) is 1.19. The van der Waals surface area contributed by atoms with Crippen LogP contribution in [-0.2, 0) is 0 Å². The number of nitrogens with zero attached hydrogens (tertiary/aromatic N) is 1. The van der Waals surface area contributed by atoms with E-state index in [1.54, 1.807) is 0 Å². The van der Waals surface area contributed by atoms with Crippen LogP contribution in [0.25, 0.3) is 0 Å². The average molecular weight is 182 g/mol. The molecule has 0 aliphatic rings. The summed E-state index contributed by atoms with van der Waals surface area (Å²) in [7, 11) is 0. The molecule has 0 rings (SSSR count). The van der Waals surface area contributed by atoms with Gasteiger partial charge in [-0.1, -0.05) is 40.0 Å². The Bertz CT molecular complexity index is 147. The summed E-state index contributed by atoms with van der Waals surface area (Å²) in [5.74, 6) is 0.627. The van der Waals surface area contributed by atoms with Crippen LogP contribution in [0.4, 0.5) is 0 Å². The molecule has 0 aliphatic carbocycles. The summed E-state index contributed by atoms with van der Waals surface area (Å²) in [6.07, 6.45) is 4.63. The summed E-state index contributed by atoms with van der Waals surface area (Å²) in [5, 5.41) is 12.1. The molecule has 1 unspecified atom stereocenters. The van der Waals surface area contributed by atoms with Crippen molar-refractivity contribution in [2.45, 2.75) is 52.5 Å². The summed E-state index contributed by atoms with van der Waals surface area (Å²) in [4.78, 5) is 0. The van der Waals surface area contributed by atoms with Gasteiger partial charge in [0.2, 0.25) is 0 Å². The molecule has 13 heavy (non-hydrogen) atoms. The van der Waals surface area contributed by atoms with E-state index in [2.05, 4.69) is 32.2 Å². The van der Waals surface area contributed by atoms with Crippen LogP contribution in [0.1, 0.15) is 46.5 Å². The second kappa shape index (κ2) is 8.07. The highest BCUT2D eigenvalue weighted by Gasteiger charge is 2.05. The molecule has 0 spiro atoms. The molecule has 0 aromatic heterocycles. The van der Waals surface area contributed by atoms with E-state index in [1.807, 2.05) is 0 Å². The van der Waals surface area contributed by atoms with Crippen molar-refractivity contribution in [2.24, 2.45) is 5.92 Å². The van der Waals surface area contributed by atoms with Gasteiger partial charge >= 0.3 is 0 Å². The van der Waals surface area contributed by atoms with Crippen molar-refractivity contribution in [1.29, 1.82) is 5.26 Å². The van der Waals surface area contributed by atoms with Crippen molar-refractivity contribution in [3.05, 3.63) is 0 Å². The van der Waals surface area contributed by atoms with Crippen LogP contribution in [0.3, 0.4) is 0 Å². The summed E-state index contributed by atoms with van der Waals surface area (Å²) in [5.41, 5.74) is 0. The van der Waals surface area contributed by atoms with Crippen molar-refractivity contribution in [3.63, 3.8) is 0 Å². The number of nitrogens with one attached hydrogen (secondary N) is 1. The second-order valence-electron chi connectivity index (χ2n) is 3.98. The van der Waals surface area contributed by atoms with Crippen LogP contribution in [-0.4, -0.2) is 12.6 Å². The van der Waals surface area contributed by atoms with Crippen molar-refractivity contribution in [3.8, 4) is 6.07 Å². The quantitative estimate of drug-likeness (QED) is 0.614. The first-order chi connectivity index (χ1) is 6.20. The summed E-state index contributed by atoms with van der Waals surface area (Å²) < 4.78 is 0. The van der Waals surface area contributed by atoms with Gasteiger partial charge in [0.25, 0.3) is 0 Å². The van der Waals surface area contributed by atoms with Crippen LogP contribution >= 0.6 is 0 Å². The Labute approximate surface area is 82.3 Å². The van der Waals surface area contributed by atoms with Crippen molar-refractivity contribution in [1.82, 2.24) is 5.32 Å². The number of hydrogen-bond donors (Lipinski definition) is 1. The molecular formula is C11H22N2. The van der Waals surface area contributed by atoms with Crippen LogP contribution in [0.5, 0.6) is 0 Å². The van der Waals surface area contributed by atoms with Gasteiger partial charge in [-0.3, -0.25) is 0 Å². The third kappa shape index (κ3) is 7.80. The summed E-state index contributed by atoms with van der Waals surface area (Å²) in [6, 6.07) is 2.37. The Balaban J connectivity index is 3.47. The predicted molar refractivity (Wildman–Crippen MR) is 56.4 cm³/mol. The van der Waals surface area contributed by atoms with Gasteiger partial charge in [0.1, 0.15) is 0 Å². The van der Waals surface area contributed by atoms with Gasteiger partial charge in [0, 0.05) is 0 Å². The smallest absolute Gasteiger partial charge is 0.0953 e. The first kappa shape index (κ1) is 12.4. The Morgan fingerprint density at radius 2 is 2.00 bits per heavy atom. The fraction of sp³-hybridized carbons (Fsp3) is 0.909. The molecule has 0 aromatic rings. The Morgan fingerprint density at radius 3 is 2.46 bits per heavy atom. The SMILES string of the molecule is CCCCCC(C#N)NCC(C)C. The summed E-state index contributed by atoms with van der Waals surface area (Å²) in [6.45, 7) is 7.45. The lowest BCUT2D eigenvalue weighted by Gasteiger charge is -2.12. The third-order valence-corrected chi connectivity index (χ3v) is 2.02. The highest BCUT2D eigenvalue weighted by atomic mass is 14.9. The number of unbranched alkanes of at least 4 members (excludes halogenated alkanes) is 2. The molecule has 0 saturated heterocycles. The van der Waals surface area contributed by atoms with Crippen LogP contribution in [0, 0.1) is 17.2 Å². The topological polar surface area (TPSA) is 35.8 Å². The van der Waals surface area contributed by atoms with E-state index >= 15 is 0 Å². The number of rotatable bonds is 7. The molecule has 0 fully saturated rings. The molecule has 0 radical (unpaired) electrons. The van der Waals surface area contributed by atoms with Gasteiger partial charge in [-0.15, -0.1) is 0 Å². The zero-order chi connectivity index (χ0) is 10.1. The van der Waals surface area contributed by atoms with Crippen molar-refractivity contribution >= 4 is 0 Å².